The molecule has 21 heavy (non-hydrogen) atoms. The molecule has 0 fully saturated rings. The maximum absolute atomic E-state index is 12.7. The topological polar surface area (TPSA) is 17.1 Å². The summed E-state index contributed by atoms with van der Waals surface area (Å²) in [5, 5.41) is 0. The third kappa shape index (κ3) is 3.51. The zero-order valence-electron chi connectivity index (χ0n) is 11.5. The Hall–Kier alpha value is -2.10. The van der Waals surface area contributed by atoms with E-state index in [-0.39, 0.29) is 11.3 Å². The maximum Gasteiger partial charge on any atom is 0.416 e. The second kappa shape index (κ2) is 6.12. The van der Waals surface area contributed by atoms with Gasteiger partial charge >= 0.3 is 6.18 Å². The second-order valence-electron chi connectivity index (χ2n) is 4.81. The lowest BCUT2D eigenvalue weighted by Crippen LogP contribution is -2.14. The quantitative estimate of drug-likeness (QED) is 0.718. The van der Waals surface area contributed by atoms with Crippen LogP contribution in [-0.4, -0.2) is 5.78 Å². The van der Waals surface area contributed by atoms with Crippen LogP contribution in [0.3, 0.4) is 0 Å². The van der Waals surface area contributed by atoms with E-state index in [1.165, 1.54) is 12.1 Å². The number of alkyl halides is 3. The van der Waals surface area contributed by atoms with Gasteiger partial charge in [0.05, 0.1) is 5.56 Å². The summed E-state index contributed by atoms with van der Waals surface area (Å²) in [6, 6.07) is 13.7. The number of carbonyl (C=O) groups excluding carboxylic acids is 1. The molecule has 0 spiro atoms. The van der Waals surface area contributed by atoms with E-state index in [1.807, 2.05) is 37.3 Å². The smallest absolute Gasteiger partial charge is 0.293 e. The zero-order valence-corrected chi connectivity index (χ0v) is 11.5. The molecule has 0 N–H and O–H groups in total. The van der Waals surface area contributed by atoms with Crippen LogP contribution in [0, 0.1) is 0 Å². The normalized spacial score (nSPS) is 13.0. The van der Waals surface area contributed by atoms with Crippen molar-refractivity contribution in [3.05, 3.63) is 71.3 Å². The number of hydrogen-bond acceptors (Lipinski definition) is 1. The summed E-state index contributed by atoms with van der Waals surface area (Å²) >= 11 is 0. The minimum Gasteiger partial charge on any atom is -0.293 e. The molecule has 1 unspecified atom stereocenters. The molecule has 0 saturated carbocycles. The van der Waals surface area contributed by atoms with Gasteiger partial charge in [-0.1, -0.05) is 49.4 Å². The summed E-state index contributed by atoms with van der Waals surface area (Å²) in [5.41, 5.74) is 0.124. The average molecular weight is 292 g/mol. The number of Topliss-reactive ketones (excluding diaryl/α,β-unsaturated/α-hetero) is 1. The van der Waals surface area contributed by atoms with E-state index >= 15 is 0 Å². The molecule has 0 heterocycles. The van der Waals surface area contributed by atoms with E-state index in [1.54, 1.807) is 0 Å². The first-order valence-corrected chi connectivity index (χ1v) is 6.70. The highest BCUT2D eigenvalue weighted by atomic mass is 19.4. The van der Waals surface area contributed by atoms with Crippen LogP contribution in [0.4, 0.5) is 13.2 Å². The summed E-state index contributed by atoms with van der Waals surface area (Å²) < 4.78 is 38.2. The molecule has 2 rings (SSSR count). The Morgan fingerprint density at radius 2 is 1.71 bits per heavy atom. The van der Waals surface area contributed by atoms with E-state index in [9.17, 15) is 18.0 Å². The van der Waals surface area contributed by atoms with Gasteiger partial charge in [-0.3, -0.25) is 4.79 Å². The fraction of sp³-hybridized carbons (Fsp3) is 0.235. The van der Waals surface area contributed by atoms with Crippen LogP contribution < -0.4 is 0 Å². The van der Waals surface area contributed by atoms with Crippen molar-refractivity contribution in [2.45, 2.75) is 25.4 Å². The number of halogens is 3. The van der Waals surface area contributed by atoms with Crippen molar-refractivity contribution < 1.29 is 18.0 Å². The van der Waals surface area contributed by atoms with Crippen molar-refractivity contribution in [1.29, 1.82) is 0 Å². The zero-order chi connectivity index (χ0) is 15.5. The third-order valence-corrected chi connectivity index (χ3v) is 3.40. The predicted octanol–water partition coefficient (Wildman–Crippen LogP) is 5.08. The summed E-state index contributed by atoms with van der Waals surface area (Å²) in [4.78, 5) is 12.5. The van der Waals surface area contributed by atoms with Gasteiger partial charge < -0.3 is 0 Å². The van der Waals surface area contributed by atoms with Crippen molar-refractivity contribution in [2.24, 2.45) is 0 Å². The molecule has 0 amide bonds. The standard InChI is InChI=1S/C17H15F3O/c1-2-15(12-7-4-3-5-8-12)16(21)13-9-6-10-14(11-13)17(18,19)20/h3-11,15H,2H2,1H3. The molecule has 0 bridgehead atoms. The van der Waals surface area contributed by atoms with Gasteiger partial charge in [0.15, 0.2) is 5.78 Å². The van der Waals surface area contributed by atoms with E-state index < -0.39 is 17.7 Å². The maximum atomic E-state index is 12.7. The Bertz CT molecular complexity index is 617. The van der Waals surface area contributed by atoms with Crippen LogP contribution >= 0.6 is 0 Å². The predicted molar refractivity (Wildman–Crippen MR) is 75.2 cm³/mol. The molecule has 0 aliphatic rings. The molecular formula is C17H15F3O. The number of ketones is 1. The van der Waals surface area contributed by atoms with Gasteiger partial charge in [-0.05, 0) is 24.1 Å². The third-order valence-electron chi connectivity index (χ3n) is 3.40. The highest BCUT2D eigenvalue weighted by Gasteiger charge is 2.31. The van der Waals surface area contributed by atoms with Crippen molar-refractivity contribution >= 4 is 5.78 Å². The van der Waals surface area contributed by atoms with Crippen molar-refractivity contribution in [3.8, 4) is 0 Å². The average Bonchev–Trinajstić information content (AvgIpc) is 2.48. The second-order valence-corrected chi connectivity index (χ2v) is 4.81. The van der Waals surface area contributed by atoms with Gasteiger partial charge in [0.1, 0.15) is 0 Å². The summed E-state index contributed by atoms with van der Waals surface area (Å²) in [5.74, 6) is -0.704. The first kappa shape index (κ1) is 15.3. The van der Waals surface area contributed by atoms with Crippen LogP contribution in [0.2, 0.25) is 0 Å². The molecule has 0 aliphatic carbocycles. The summed E-state index contributed by atoms with van der Waals surface area (Å²) in [6.07, 6.45) is -3.90. The minimum absolute atomic E-state index is 0.0977. The van der Waals surface area contributed by atoms with Crippen LogP contribution in [0.5, 0.6) is 0 Å². The van der Waals surface area contributed by atoms with Crippen molar-refractivity contribution in [3.63, 3.8) is 0 Å². The molecule has 0 radical (unpaired) electrons. The number of benzene rings is 2. The van der Waals surface area contributed by atoms with Gasteiger partial charge in [-0.15, -0.1) is 0 Å². The lowest BCUT2D eigenvalue weighted by atomic mass is 9.88. The van der Waals surface area contributed by atoms with Crippen LogP contribution in [0.15, 0.2) is 54.6 Å². The molecule has 0 saturated heterocycles. The van der Waals surface area contributed by atoms with Crippen molar-refractivity contribution in [1.82, 2.24) is 0 Å². The van der Waals surface area contributed by atoms with Crippen LogP contribution in [-0.2, 0) is 6.18 Å². The summed E-state index contributed by atoms with van der Waals surface area (Å²) in [7, 11) is 0. The Kier molecular flexibility index (Phi) is 4.46. The summed E-state index contributed by atoms with van der Waals surface area (Å²) in [6.45, 7) is 1.85. The van der Waals surface area contributed by atoms with Gasteiger partial charge in [0.25, 0.3) is 0 Å². The molecule has 2 aromatic carbocycles. The molecule has 110 valence electrons. The lowest BCUT2D eigenvalue weighted by molar-refractivity contribution is -0.137. The van der Waals surface area contributed by atoms with Crippen LogP contribution in [0.1, 0.15) is 40.7 Å². The Morgan fingerprint density at radius 1 is 1.05 bits per heavy atom. The molecule has 1 atom stereocenters. The number of rotatable bonds is 4. The molecule has 4 heteroatoms. The van der Waals surface area contributed by atoms with Crippen molar-refractivity contribution in [2.75, 3.05) is 0 Å². The molecule has 2 aromatic rings. The fourth-order valence-electron chi connectivity index (χ4n) is 2.31. The Morgan fingerprint density at radius 3 is 2.29 bits per heavy atom. The highest BCUT2D eigenvalue weighted by Crippen LogP contribution is 2.31. The minimum atomic E-state index is -4.44. The lowest BCUT2D eigenvalue weighted by Gasteiger charge is -2.15. The SMILES string of the molecule is CCC(C(=O)c1cccc(C(F)(F)F)c1)c1ccccc1. The van der Waals surface area contributed by atoms with E-state index in [4.69, 9.17) is 0 Å². The Labute approximate surface area is 121 Å². The molecular weight excluding hydrogens is 277 g/mol. The molecule has 0 aliphatic heterocycles. The van der Waals surface area contributed by atoms with E-state index in [0.717, 1.165) is 17.7 Å². The Balaban J connectivity index is 2.35. The van der Waals surface area contributed by atoms with Gasteiger partial charge in [-0.25, -0.2) is 0 Å². The van der Waals surface area contributed by atoms with Gasteiger partial charge in [-0.2, -0.15) is 13.2 Å². The molecule has 0 aromatic heterocycles. The monoisotopic (exact) mass is 292 g/mol. The molecule has 1 nitrogen and oxygen atoms in total. The first-order valence-electron chi connectivity index (χ1n) is 6.70. The van der Waals surface area contributed by atoms with Crippen LogP contribution in [0.25, 0.3) is 0 Å². The fourth-order valence-corrected chi connectivity index (χ4v) is 2.31. The van der Waals surface area contributed by atoms with E-state index in [0.29, 0.717) is 6.42 Å². The number of hydrogen-bond donors (Lipinski definition) is 0. The van der Waals surface area contributed by atoms with E-state index in [2.05, 4.69) is 0 Å². The largest absolute Gasteiger partial charge is 0.416 e. The highest BCUT2D eigenvalue weighted by molar-refractivity contribution is 6.01. The number of carbonyl (C=O) groups is 1. The van der Waals surface area contributed by atoms with Gasteiger partial charge in [0.2, 0.25) is 0 Å². The van der Waals surface area contributed by atoms with Gasteiger partial charge in [0, 0.05) is 11.5 Å². The first-order chi connectivity index (χ1) is 9.93.